The van der Waals surface area contributed by atoms with Crippen LogP contribution in [0.1, 0.15) is 0 Å². The highest BCUT2D eigenvalue weighted by Gasteiger charge is 1.63. The van der Waals surface area contributed by atoms with Gasteiger partial charge in [0.2, 0.25) is 0 Å². The number of halogens is 1. The molecule has 0 aromatic rings. The molecular weight excluding hydrogens is 179 g/mol. The average molecular weight is 182 g/mol. The Kier molecular flexibility index (Phi) is 4.33. The average Bonchev–Trinajstić information content (AvgIpc) is 1.41. The molecule has 0 radical (unpaired) electrons. The van der Waals surface area contributed by atoms with E-state index in [1.165, 1.54) is 0 Å². The van der Waals surface area contributed by atoms with Crippen molar-refractivity contribution in [1.29, 1.82) is 5.26 Å². The first-order chi connectivity index (χ1) is 2.41. The molecule has 0 heterocycles. The molecule has 0 spiro atoms. The highest BCUT2D eigenvalue weighted by molar-refractivity contribution is 14.1. The molecule has 0 saturated carbocycles. The molecule has 28 valence electrons. The first-order valence-electron chi connectivity index (χ1n) is 1.12. The van der Waals surface area contributed by atoms with E-state index in [-0.39, 0.29) is 0 Å². The molecule has 0 bridgehead atoms. The minimum Gasteiger partial charge on any atom is -0.247 e. The van der Waals surface area contributed by atoms with Crippen molar-refractivity contribution in [1.82, 2.24) is 3.53 Å². The van der Waals surface area contributed by atoms with Crippen LogP contribution in [0.5, 0.6) is 0 Å². The summed E-state index contributed by atoms with van der Waals surface area (Å²) in [7, 11) is 0. The molecule has 0 aromatic heterocycles. The predicted octanol–water partition coefficient (Wildman–Crippen LogP) is 0.450. The van der Waals surface area contributed by atoms with E-state index < -0.39 is 0 Å². The van der Waals surface area contributed by atoms with Crippen molar-refractivity contribution in [3.05, 3.63) is 0 Å². The van der Waals surface area contributed by atoms with E-state index in [9.17, 15) is 0 Å². The molecular formula is C2H3IN2. The van der Waals surface area contributed by atoms with Crippen LogP contribution >= 0.6 is 22.9 Å². The van der Waals surface area contributed by atoms with E-state index >= 15 is 0 Å². The van der Waals surface area contributed by atoms with Gasteiger partial charge < -0.3 is 0 Å². The van der Waals surface area contributed by atoms with Gasteiger partial charge in [-0.2, -0.15) is 5.26 Å². The van der Waals surface area contributed by atoms with Crippen molar-refractivity contribution >= 4 is 22.9 Å². The maximum atomic E-state index is 7.75. The third-order valence-electron chi connectivity index (χ3n) is 0.146. The normalized spacial score (nSPS) is 6.40. The Morgan fingerprint density at radius 1 is 2.00 bits per heavy atom. The number of hydrogen-bond donors (Lipinski definition) is 1. The molecule has 3 heteroatoms. The van der Waals surface area contributed by atoms with E-state index in [1.54, 1.807) is 0 Å². The Hall–Kier alpha value is 0.180. The second-order valence-corrected chi connectivity index (χ2v) is 1.23. The minimum atomic E-state index is 0.431. The standard InChI is InChI=1S/C2H3IN2/c3-5-2-1-4/h5H,2H2. The van der Waals surface area contributed by atoms with Gasteiger partial charge in [0, 0.05) is 22.9 Å². The van der Waals surface area contributed by atoms with Gasteiger partial charge in [0.25, 0.3) is 0 Å². The van der Waals surface area contributed by atoms with Crippen LogP contribution in [0.4, 0.5) is 0 Å². The number of rotatable bonds is 1. The number of hydrogen-bond acceptors (Lipinski definition) is 2. The van der Waals surface area contributed by atoms with Gasteiger partial charge in [-0.25, -0.2) is 3.53 Å². The SMILES string of the molecule is N#CCNI. The lowest BCUT2D eigenvalue weighted by molar-refractivity contribution is 1.18. The Morgan fingerprint density at radius 2 is 2.60 bits per heavy atom. The van der Waals surface area contributed by atoms with Crippen molar-refractivity contribution in [2.24, 2.45) is 0 Å². The molecule has 0 aliphatic carbocycles. The second-order valence-electron chi connectivity index (χ2n) is 0.469. The van der Waals surface area contributed by atoms with Crippen LogP contribution in [-0.2, 0) is 0 Å². The lowest BCUT2D eigenvalue weighted by atomic mass is 10.8. The van der Waals surface area contributed by atoms with Crippen LogP contribution in [0.25, 0.3) is 0 Å². The van der Waals surface area contributed by atoms with Crippen molar-refractivity contribution in [3.8, 4) is 6.07 Å². The van der Waals surface area contributed by atoms with Gasteiger partial charge in [0.1, 0.15) is 0 Å². The monoisotopic (exact) mass is 182 g/mol. The lowest BCUT2D eigenvalue weighted by Gasteiger charge is -1.70. The van der Waals surface area contributed by atoms with Crippen molar-refractivity contribution in [3.63, 3.8) is 0 Å². The summed E-state index contributed by atoms with van der Waals surface area (Å²) in [5.41, 5.74) is 0. The highest BCUT2D eigenvalue weighted by Crippen LogP contribution is 1.60. The maximum Gasteiger partial charge on any atom is 0.0924 e. The summed E-state index contributed by atoms with van der Waals surface area (Å²) in [6.45, 7) is 0.431. The molecule has 0 aliphatic rings. The summed E-state index contributed by atoms with van der Waals surface area (Å²) in [5, 5.41) is 7.75. The smallest absolute Gasteiger partial charge is 0.0924 e. The van der Waals surface area contributed by atoms with Crippen molar-refractivity contribution < 1.29 is 0 Å². The van der Waals surface area contributed by atoms with E-state index in [1.807, 2.05) is 28.9 Å². The van der Waals surface area contributed by atoms with E-state index in [0.717, 1.165) is 0 Å². The molecule has 0 saturated heterocycles. The quantitative estimate of drug-likeness (QED) is 0.363. The minimum absolute atomic E-state index is 0.431. The summed E-state index contributed by atoms with van der Waals surface area (Å²) >= 11 is 1.91. The molecule has 1 N–H and O–H groups in total. The zero-order chi connectivity index (χ0) is 4.12. The van der Waals surface area contributed by atoms with Gasteiger partial charge in [-0.15, -0.1) is 0 Å². The van der Waals surface area contributed by atoms with Crippen molar-refractivity contribution in [2.75, 3.05) is 6.54 Å². The lowest BCUT2D eigenvalue weighted by Crippen LogP contribution is -1.93. The zero-order valence-corrected chi connectivity index (χ0v) is 4.69. The summed E-state index contributed by atoms with van der Waals surface area (Å²) in [6.07, 6.45) is 0. The van der Waals surface area contributed by atoms with E-state index in [0.29, 0.717) is 6.54 Å². The molecule has 0 aliphatic heterocycles. The van der Waals surface area contributed by atoms with Gasteiger partial charge in [-0.05, 0) is 0 Å². The fourth-order valence-electron chi connectivity index (χ4n) is 0.0299. The largest absolute Gasteiger partial charge is 0.247 e. The van der Waals surface area contributed by atoms with Gasteiger partial charge in [0.15, 0.2) is 0 Å². The van der Waals surface area contributed by atoms with E-state index in [2.05, 4.69) is 3.53 Å². The third kappa shape index (κ3) is 4.18. The van der Waals surface area contributed by atoms with Crippen LogP contribution < -0.4 is 3.53 Å². The fraction of sp³-hybridized carbons (Fsp3) is 0.500. The first kappa shape index (κ1) is 5.18. The topological polar surface area (TPSA) is 35.8 Å². The van der Waals surface area contributed by atoms with Crippen LogP contribution in [0.3, 0.4) is 0 Å². The number of nitrogens with zero attached hydrogens (tertiary/aromatic N) is 1. The summed E-state index contributed by atoms with van der Waals surface area (Å²) in [6, 6.07) is 1.90. The molecule has 0 amide bonds. The fourth-order valence-corrected chi connectivity index (χ4v) is 0.200. The molecule has 0 unspecified atom stereocenters. The Balaban J connectivity index is 2.48. The van der Waals surface area contributed by atoms with Gasteiger partial charge in [-0.3, -0.25) is 0 Å². The van der Waals surface area contributed by atoms with Crippen molar-refractivity contribution in [2.45, 2.75) is 0 Å². The zero-order valence-electron chi connectivity index (χ0n) is 2.53. The number of nitrogens with one attached hydrogen (secondary N) is 1. The van der Waals surface area contributed by atoms with Crippen LogP contribution in [-0.4, -0.2) is 6.54 Å². The van der Waals surface area contributed by atoms with E-state index in [4.69, 9.17) is 5.26 Å². The van der Waals surface area contributed by atoms with Crippen LogP contribution in [0.15, 0.2) is 0 Å². The summed E-state index contributed by atoms with van der Waals surface area (Å²) in [5.74, 6) is 0. The summed E-state index contributed by atoms with van der Waals surface area (Å²) in [4.78, 5) is 0. The molecule has 0 atom stereocenters. The van der Waals surface area contributed by atoms with Gasteiger partial charge in [0.05, 0.1) is 12.6 Å². The Morgan fingerprint density at radius 3 is 2.60 bits per heavy atom. The molecule has 2 nitrogen and oxygen atoms in total. The second kappa shape index (κ2) is 4.18. The molecule has 0 fully saturated rings. The van der Waals surface area contributed by atoms with Crippen LogP contribution in [0.2, 0.25) is 0 Å². The summed E-state index contributed by atoms with van der Waals surface area (Å²) < 4.78 is 2.63. The Labute approximate surface area is 44.7 Å². The Bertz CT molecular complexity index is 46.1. The molecule has 0 rings (SSSR count). The molecule has 5 heavy (non-hydrogen) atoms. The first-order valence-corrected chi connectivity index (χ1v) is 2.20. The molecule has 0 aromatic carbocycles. The highest BCUT2D eigenvalue weighted by atomic mass is 127. The maximum absolute atomic E-state index is 7.75. The predicted molar refractivity (Wildman–Crippen MR) is 27.6 cm³/mol. The van der Waals surface area contributed by atoms with Gasteiger partial charge in [-0.1, -0.05) is 0 Å². The number of nitriles is 1. The third-order valence-corrected chi connectivity index (χ3v) is 0.527. The van der Waals surface area contributed by atoms with Crippen LogP contribution in [0, 0.1) is 11.3 Å². The van der Waals surface area contributed by atoms with Gasteiger partial charge >= 0.3 is 0 Å².